The summed E-state index contributed by atoms with van der Waals surface area (Å²) in [7, 11) is 0. The van der Waals surface area contributed by atoms with E-state index in [0.717, 1.165) is 18.4 Å². The Balaban J connectivity index is 2.54. The number of rotatable bonds is 4. The first-order chi connectivity index (χ1) is 5.70. The van der Waals surface area contributed by atoms with E-state index in [0.29, 0.717) is 12.5 Å². The quantitative estimate of drug-likeness (QED) is 0.583. The molecule has 1 rings (SSSR count). The minimum atomic E-state index is 0.0370. The van der Waals surface area contributed by atoms with Gasteiger partial charge in [-0.05, 0) is 31.9 Å². The van der Waals surface area contributed by atoms with Gasteiger partial charge >= 0.3 is 0 Å². The molecule has 1 saturated carbocycles. The molecule has 0 unspecified atom stereocenters. The maximum absolute atomic E-state index is 11.5. The summed E-state index contributed by atoms with van der Waals surface area (Å²) in [5.74, 6) is 0.488. The van der Waals surface area contributed by atoms with Gasteiger partial charge in [0.25, 0.3) is 5.91 Å². The second-order valence-corrected chi connectivity index (χ2v) is 3.07. The van der Waals surface area contributed by atoms with Gasteiger partial charge in [0.15, 0.2) is 0 Å². The van der Waals surface area contributed by atoms with Crippen molar-refractivity contribution in [3.8, 4) is 0 Å². The summed E-state index contributed by atoms with van der Waals surface area (Å²) in [6, 6.07) is 0. The highest BCUT2D eigenvalue weighted by atomic mass is 16.2. The molecule has 12 heavy (non-hydrogen) atoms. The van der Waals surface area contributed by atoms with Crippen LogP contribution in [0.25, 0.3) is 0 Å². The molecule has 0 aliphatic heterocycles. The van der Waals surface area contributed by atoms with Crippen LogP contribution in [0, 0.1) is 5.92 Å². The first-order valence-electron chi connectivity index (χ1n) is 4.33. The molecule has 66 valence electrons. The van der Waals surface area contributed by atoms with Crippen molar-refractivity contribution in [2.75, 3.05) is 6.54 Å². The molecule has 0 aromatic rings. The van der Waals surface area contributed by atoms with E-state index < -0.39 is 0 Å². The molecule has 0 saturated heterocycles. The molecule has 1 amide bonds. The number of likely N-dealkylation sites (N-methyl/N-ethyl adjacent to an activating group) is 1. The lowest BCUT2D eigenvalue weighted by Gasteiger charge is -2.16. The molecule has 0 N–H and O–H groups in total. The Hall–Kier alpha value is -1.05. The van der Waals surface area contributed by atoms with Gasteiger partial charge in [-0.15, -0.1) is 0 Å². The molecule has 0 aromatic heterocycles. The fourth-order valence-electron chi connectivity index (χ4n) is 1.15. The first kappa shape index (κ1) is 9.04. The maximum atomic E-state index is 11.5. The summed E-state index contributed by atoms with van der Waals surface area (Å²) in [6.45, 7) is 9.98. The van der Waals surface area contributed by atoms with E-state index in [1.165, 1.54) is 0 Å². The van der Waals surface area contributed by atoms with Crippen LogP contribution in [0.1, 0.15) is 19.8 Å². The van der Waals surface area contributed by atoms with Gasteiger partial charge in [0.2, 0.25) is 0 Å². The summed E-state index contributed by atoms with van der Waals surface area (Å²) in [4.78, 5) is 13.1. The molecule has 1 aliphatic carbocycles. The largest absolute Gasteiger partial charge is 0.316 e. The van der Waals surface area contributed by atoms with E-state index in [1.54, 1.807) is 11.1 Å². The number of carbonyl (C=O) groups is 1. The van der Waals surface area contributed by atoms with Crippen LogP contribution >= 0.6 is 0 Å². The number of nitrogens with zero attached hydrogens (tertiary/aromatic N) is 1. The number of amides is 1. The topological polar surface area (TPSA) is 20.3 Å². The summed E-state index contributed by atoms with van der Waals surface area (Å²) in [5.41, 5.74) is 0.747. The molecule has 2 heteroatoms. The van der Waals surface area contributed by atoms with Gasteiger partial charge in [-0.3, -0.25) is 4.79 Å². The third-order valence-corrected chi connectivity index (χ3v) is 2.17. The van der Waals surface area contributed by atoms with Crippen LogP contribution in [0.3, 0.4) is 0 Å². The van der Waals surface area contributed by atoms with Gasteiger partial charge in [0.1, 0.15) is 0 Å². The molecule has 0 aromatic carbocycles. The van der Waals surface area contributed by atoms with Crippen LogP contribution in [-0.2, 0) is 4.79 Å². The van der Waals surface area contributed by atoms with Crippen LogP contribution < -0.4 is 0 Å². The zero-order valence-corrected chi connectivity index (χ0v) is 7.55. The fraction of sp³-hybridized carbons (Fsp3) is 0.500. The van der Waals surface area contributed by atoms with Crippen molar-refractivity contribution in [3.05, 3.63) is 24.9 Å². The Morgan fingerprint density at radius 3 is 2.58 bits per heavy atom. The average Bonchev–Trinajstić information content (AvgIpc) is 2.87. The highest BCUT2D eigenvalue weighted by Gasteiger charge is 2.30. The lowest BCUT2D eigenvalue weighted by molar-refractivity contribution is -0.124. The van der Waals surface area contributed by atoms with E-state index in [-0.39, 0.29) is 5.91 Å². The number of hydrogen-bond acceptors (Lipinski definition) is 1. The average molecular weight is 165 g/mol. The van der Waals surface area contributed by atoms with Gasteiger partial charge in [-0.1, -0.05) is 13.2 Å². The van der Waals surface area contributed by atoms with Crippen LogP contribution in [0.2, 0.25) is 0 Å². The van der Waals surface area contributed by atoms with Crippen molar-refractivity contribution in [2.24, 2.45) is 5.92 Å². The van der Waals surface area contributed by atoms with Crippen molar-refractivity contribution >= 4 is 5.91 Å². The first-order valence-corrected chi connectivity index (χ1v) is 4.33. The van der Waals surface area contributed by atoms with E-state index in [4.69, 9.17) is 0 Å². The van der Waals surface area contributed by atoms with E-state index >= 15 is 0 Å². The van der Waals surface area contributed by atoms with Crippen LogP contribution in [0.5, 0.6) is 0 Å². The summed E-state index contributed by atoms with van der Waals surface area (Å²) in [5, 5.41) is 0. The fourth-order valence-corrected chi connectivity index (χ4v) is 1.15. The monoisotopic (exact) mass is 165 g/mol. The van der Waals surface area contributed by atoms with E-state index in [1.807, 2.05) is 6.92 Å². The molecule has 0 atom stereocenters. The normalized spacial score (nSPS) is 15.4. The Labute approximate surface area is 73.6 Å². The summed E-state index contributed by atoms with van der Waals surface area (Å²) in [6.07, 6.45) is 3.81. The van der Waals surface area contributed by atoms with Crippen molar-refractivity contribution < 1.29 is 4.79 Å². The van der Waals surface area contributed by atoms with Gasteiger partial charge in [0, 0.05) is 12.1 Å². The minimum Gasteiger partial charge on any atom is -0.316 e. The van der Waals surface area contributed by atoms with E-state index in [2.05, 4.69) is 13.2 Å². The molecule has 1 aliphatic rings. The molecule has 1 fully saturated rings. The zero-order valence-electron chi connectivity index (χ0n) is 7.55. The Kier molecular flexibility index (Phi) is 2.69. The smallest absolute Gasteiger partial charge is 0.253 e. The minimum absolute atomic E-state index is 0.0370. The standard InChI is InChI=1S/C10H15NO/c1-4-11(5-2)10(12)8(3)9-6-7-9/h4,9H,1,3,5-7H2,2H3. The molecule has 0 radical (unpaired) electrons. The molecule has 0 heterocycles. The molecule has 2 nitrogen and oxygen atoms in total. The van der Waals surface area contributed by atoms with Crippen molar-refractivity contribution in [2.45, 2.75) is 19.8 Å². The number of carbonyl (C=O) groups excluding carboxylic acids is 1. The van der Waals surface area contributed by atoms with Gasteiger partial charge in [0.05, 0.1) is 0 Å². The predicted molar refractivity (Wildman–Crippen MR) is 49.4 cm³/mol. The molecular weight excluding hydrogens is 150 g/mol. The highest BCUT2D eigenvalue weighted by molar-refractivity contribution is 5.94. The number of hydrogen-bond donors (Lipinski definition) is 0. The SMILES string of the molecule is C=CN(CC)C(=O)C(=C)C1CC1. The van der Waals surface area contributed by atoms with Crippen molar-refractivity contribution in [1.82, 2.24) is 4.90 Å². The van der Waals surface area contributed by atoms with Crippen LogP contribution in [0.15, 0.2) is 24.9 Å². The molecular formula is C10H15NO. The lowest BCUT2D eigenvalue weighted by atomic mass is 10.2. The Bertz CT molecular complexity index is 216. The van der Waals surface area contributed by atoms with E-state index in [9.17, 15) is 4.79 Å². The highest BCUT2D eigenvalue weighted by Crippen LogP contribution is 2.36. The van der Waals surface area contributed by atoms with Crippen LogP contribution in [-0.4, -0.2) is 17.4 Å². The van der Waals surface area contributed by atoms with Crippen LogP contribution in [0.4, 0.5) is 0 Å². The molecule has 0 spiro atoms. The third-order valence-electron chi connectivity index (χ3n) is 2.17. The third kappa shape index (κ3) is 1.76. The van der Waals surface area contributed by atoms with Crippen molar-refractivity contribution in [3.63, 3.8) is 0 Å². The van der Waals surface area contributed by atoms with Gasteiger partial charge < -0.3 is 4.90 Å². The van der Waals surface area contributed by atoms with Gasteiger partial charge in [-0.25, -0.2) is 0 Å². The Morgan fingerprint density at radius 2 is 2.25 bits per heavy atom. The second-order valence-electron chi connectivity index (χ2n) is 3.07. The maximum Gasteiger partial charge on any atom is 0.253 e. The summed E-state index contributed by atoms with van der Waals surface area (Å²) >= 11 is 0. The van der Waals surface area contributed by atoms with Crippen molar-refractivity contribution in [1.29, 1.82) is 0 Å². The second kappa shape index (κ2) is 3.57. The Morgan fingerprint density at radius 1 is 1.67 bits per heavy atom. The summed E-state index contributed by atoms with van der Waals surface area (Å²) < 4.78 is 0. The lowest BCUT2D eigenvalue weighted by Crippen LogP contribution is -2.26. The zero-order chi connectivity index (χ0) is 9.14. The predicted octanol–water partition coefficient (Wildman–Crippen LogP) is 1.94. The molecule has 0 bridgehead atoms. The van der Waals surface area contributed by atoms with Gasteiger partial charge in [-0.2, -0.15) is 0 Å².